The maximum Gasteiger partial charge on any atom is 0.410 e. The third-order valence-corrected chi connectivity index (χ3v) is 3.78. The number of ether oxygens (including phenoxy) is 1. The maximum atomic E-state index is 12.0. The second kappa shape index (κ2) is 6.48. The Balaban J connectivity index is 1.87. The SMILES string of the molecule is CC(C)(C)OC(=O)N1CCC([C@H](O)c2ccccc2)CC1. The van der Waals surface area contributed by atoms with Crippen LogP contribution in [0.3, 0.4) is 0 Å². The molecule has 2 rings (SSSR count). The number of rotatable bonds is 2. The molecular formula is C17H25NO3. The van der Waals surface area contributed by atoms with E-state index < -0.39 is 11.7 Å². The Morgan fingerprint density at radius 1 is 1.24 bits per heavy atom. The lowest BCUT2D eigenvalue weighted by atomic mass is 9.87. The van der Waals surface area contributed by atoms with Crippen molar-refractivity contribution in [1.82, 2.24) is 4.90 Å². The first kappa shape index (κ1) is 15.8. The molecule has 0 aromatic heterocycles. The first-order valence-corrected chi connectivity index (χ1v) is 7.58. The molecule has 1 aliphatic rings. The van der Waals surface area contributed by atoms with E-state index in [-0.39, 0.29) is 12.0 Å². The third kappa shape index (κ3) is 4.46. The minimum absolute atomic E-state index is 0.200. The number of benzene rings is 1. The van der Waals surface area contributed by atoms with E-state index in [1.54, 1.807) is 4.90 Å². The fourth-order valence-corrected chi connectivity index (χ4v) is 2.65. The number of hydrogen-bond donors (Lipinski definition) is 1. The van der Waals surface area contributed by atoms with Gasteiger partial charge >= 0.3 is 6.09 Å². The zero-order chi connectivity index (χ0) is 15.5. The number of piperidine rings is 1. The van der Waals surface area contributed by atoms with Gasteiger partial charge in [0.25, 0.3) is 0 Å². The second-order valence-corrected chi connectivity index (χ2v) is 6.66. The molecule has 1 aromatic carbocycles. The van der Waals surface area contributed by atoms with E-state index in [4.69, 9.17) is 4.74 Å². The molecule has 0 bridgehead atoms. The Morgan fingerprint density at radius 2 is 1.81 bits per heavy atom. The van der Waals surface area contributed by atoms with Crippen LogP contribution in [-0.4, -0.2) is 34.8 Å². The van der Waals surface area contributed by atoms with Crippen LogP contribution >= 0.6 is 0 Å². The lowest BCUT2D eigenvalue weighted by Crippen LogP contribution is -2.42. The number of likely N-dealkylation sites (tertiary alicyclic amines) is 1. The van der Waals surface area contributed by atoms with Crippen LogP contribution in [0.5, 0.6) is 0 Å². The summed E-state index contributed by atoms with van der Waals surface area (Å²) in [7, 11) is 0. The molecule has 1 saturated heterocycles. The van der Waals surface area contributed by atoms with Crippen LogP contribution in [0.4, 0.5) is 4.79 Å². The van der Waals surface area contributed by atoms with Crippen LogP contribution in [0.2, 0.25) is 0 Å². The summed E-state index contributed by atoms with van der Waals surface area (Å²) < 4.78 is 5.38. The fourth-order valence-electron chi connectivity index (χ4n) is 2.65. The number of hydrogen-bond acceptors (Lipinski definition) is 3. The van der Waals surface area contributed by atoms with Crippen LogP contribution in [0.25, 0.3) is 0 Å². The molecule has 0 saturated carbocycles. The van der Waals surface area contributed by atoms with Gasteiger partial charge in [-0.05, 0) is 45.1 Å². The smallest absolute Gasteiger partial charge is 0.410 e. The Hall–Kier alpha value is -1.55. The highest BCUT2D eigenvalue weighted by atomic mass is 16.6. The number of aliphatic hydroxyl groups excluding tert-OH is 1. The van der Waals surface area contributed by atoms with Gasteiger partial charge in [0, 0.05) is 13.1 Å². The van der Waals surface area contributed by atoms with Crippen LogP contribution in [-0.2, 0) is 4.74 Å². The molecule has 0 radical (unpaired) electrons. The van der Waals surface area contributed by atoms with Crippen molar-refractivity contribution in [3.8, 4) is 0 Å². The van der Waals surface area contributed by atoms with Gasteiger partial charge in [0.2, 0.25) is 0 Å². The normalized spacial score (nSPS) is 18.4. The van der Waals surface area contributed by atoms with E-state index in [0.29, 0.717) is 13.1 Å². The van der Waals surface area contributed by atoms with Gasteiger partial charge in [-0.25, -0.2) is 4.79 Å². The molecule has 116 valence electrons. The Bertz CT molecular complexity index is 459. The number of nitrogens with zero attached hydrogens (tertiary/aromatic N) is 1. The van der Waals surface area contributed by atoms with Crippen molar-refractivity contribution in [3.63, 3.8) is 0 Å². The van der Waals surface area contributed by atoms with E-state index in [1.807, 2.05) is 51.1 Å². The second-order valence-electron chi connectivity index (χ2n) is 6.66. The van der Waals surface area contributed by atoms with Gasteiger partial charge in [-0.1, -0.05) is 30.3 Å². The highest BCUT2D eigenvalue weighted by molar-refractivity contribution is 5.68. The molecule has 1 amide bonds. The molecule has 1 atom stereocenters. The highest BCUT2D eigenvalue weighted by Crippen LogP contribution is 2.31. The van der Waals surface area contributed by atoms with Crippen molar-refractivity contribution in [1.29, 1.82) is 0 Å². The maximum absolute atomic E-state index is 12.0. The summed E-state index contributed by atoms with van der Waals surface area (Å²) in [6.45, 7) is 6.90. The average Bonchev–Trinajstić information content (AvgIpc) is 2.46. The fraction of sp³-hybridized carbons (Fsp3) is 0.588. The van der Waals surface area contributed by atoms with Crippen molar-refractivity contribution >= 4 is 6.09 Å². The summed E-state index contributed by atoms with van der Waals surface area (Å²) in [6, 6.07) is 9.72. The first-order chi connectivity index (χ1) is 9.87. The van der Waals surface area contributed by atoms with Crippen LogP contribution in [0.1, 0.15) is 45.3 Å². The van der Waals surface area contributed by atoms with Gasteiger partial charge in [-0.2, -0.15) is 0 Å². The molecule has 0 aliphatic carbocycles. The van der Waals surface area contributed by atoms with Crippen molar-refractivity contribution < 1.29 is 14.6 Å². The van der Waals surface area contributed by atoms with E-state index in [1.165, 1.54) is 0 Å². The standard InChI is InChI=1S/C17H25NO3/c1-17(2,3)21-16(20)18-11-9-14(10-12-18)15(19)13-7-5-4-6-8-13/h4-8,14-15,19H,9-12H2,1-3H3/t15-/m1/s1. The van der Waals surface area contributed by atoms with Crippen LogP contribution in [0.15, 0.2) is 30.3 Å². The quantitative estimate of drug-likeness (QED) is 0.909. The van der Waals surface area contributed by atoms with Gasteiger partial charge in [0.1, 0.15) is 5.60 Å². The largest absolute Gasteiger partial charge is 0.444 e. The van der Waals surface area contributed by atoms with Crippen LogP contribution in [0, 0.1) is 5.92 Å². The Kier molecular flexibility index (Phi) is 4.88. The molecule has 1 aromatic rings. The predicted molar refractivity (Wildman–Crippen MR) is 81.9 cm³/mol. The molecule has 0 unspecified atom stereocenters. The minimum Gasteiger partial charge on any atom is -0.444 e. The van der Waals surface area contributed by atoms with Crippen molar-refractivity contribution in [3.05, 3.63) is 35.9 Å². The van der Waals surface area contributed by atoms with Gasteiger partial charge in [0.05, 0.1) is 6.10 Å². The summed E-state index contributed by atoms with van der Waals surface area (Å²) in [6.07, 6.45) is 0.895. The summed E-state index contributed by atoms with van der Waals surface area (Å²) >= 11 is 0. The molecular weight excluding hydrogens is 266 g/mol. The highest BCUT2D eigenvalue weighted by Gasteiger charge is 2.30. The molecule has 0 spiro atoms. The van der Waals surface area contributed by atoms with E-state index in [0.717, 1.165) is 18.4 Å². The zero-order valence-electron chi connectivity index (χ0n) is 13.1. The third-order valence-electron chi connectivity index (χ3n) is 3.78. The topological polar surface area (TPSA) is 49.8 Å². The first-order valence-electron chi connectivity index (χ1n) is 7.58. The Morgan fingerprint density at radius 3 is 2.33 bits per heavy atom. The van der Waals surface area contributed by atoms with Crippen molar-refractivity contribution in [2.45, 2.75) is 45.3 Å². The summed E-state index contributed by atoms with van der Waals surface area (Å²) in [5.41, 5.74) is 0.491. The van der Waals surface area contributed by atoms with Crippen LogP contribution < -0.4 is 0 Å². The van der Waals surface area contributed by atoms with E-state index in [2.05, 4.69) is 0 Å². The molecule has 21 heavy (non-hydrogen) atoms. The average molecular weight is 291 g/mol. The summed E-state index contributed by atoms with van der Waals surface area (Å²) in [4.78, 5) is 13.7. The van der Waals surface area contributed by atoms with E-state index >= 15 is 0 Å². The molecule has 4 nitrogen and oxygen atoms in total. The number of carbonyl (C=O) groups excluding carboxylic acids is 1. The Labute approximate surface area is 126 Å². The number of carbonyl (C=O) groups is 1. The molecule has 4 heteroatoms. The number of amides is 1. The lowest BCUT2D eigenvalue weighted by molar-refractivity contribution is 0.00767. The van der Waals surface area contributed by atoms with E-state index in [9.17, 15) is 9.90 Å². The van der Waals surface area contributed by atoms with Gasteiger partial charge in [0.15, 0.2) is 0 Å². The van der Waals surface area contributed by atoms with Crippen molar-refractivity contribution in [2.24, 2.45) is 5.92 Å². The predicted octanol–water partition coefficient (Wildman–Crippen LogP) is 3.37. The number of aliphatic hydroxyl groups is 1. The molecule has 1 heterocycles. The minimum atomic E-state index is -0.461. The zero-order valence-corrected chi connectivity index (χ0v) is 13.1. The van der Waals surface area contributed by atoms with Gasteiger partial charge in [-0.3, -0.25) is 0 Å². The lowest BCUT2D eigenvalue weighted by Gasteiger charge is -2.35. The summed E-state index contributed by atoms with van der Waals surface area (Å²) in [5, 5.41) is 10.4. The molecule has 1 N–H and O–H groups in total. The molecule has 1 fully saturated rings. The monoisotopic (exact) mass is 291 g/mol. The van der Waals surface area contributed by atoms with Crippen molar-refractivity contribution in [2.75, 3.05) is 13.1 Å². The summed E-state index contributed by atoms with van der Waals surface area (Å²) in [5.74, 6) is 0.200. The molecule has 1 aliphatic heterocycles. The van der Waals surface area contributed by atoms with Gasteiger partial charge in [-0.15, -0.1) is 0 Å². The van der Waals surface area contributed by atoms with Gasteiger partial charge < -0.3 is 14.7 Å².